The molecule has 4 nitrogen and oxygen atoms in total. The topological polar surface area (TPSA) is 60.4 Å². The van der Waals surface area contributed by atoms with Gasteiger partial charge in [0, 0.05) is 28.9 Å². The van der Waals surface area contributed by atoms with Crippen LogP contribution >= 0.6 is 0 Å². The zero-order chi connectivity index (χ0) is 25.9. The third-order valence-electron chi connectivity index (χ3n) is 6.24. The van der Waals surface area contributed by atoms with Gasteiger partial charge in [-0.2, -0.15) is 0 Å². The van der Waals surface area contributed by atoms with Gasteiger partial charge < -0.3 is 4.74 Å². The average Bonchev–Trinajstić information content (AvgIpc) is 2.97. The van der Waals surface area contributed by atoms with E-state index in [9.17, 15) is 14.4 Å². The van der Waals surface area contributed by atoms with Crippen LogP contribution in [0.4, 0.5) is 0 Å². The molecule has 4 rings (SSSR count). The van der Waals surface area contributed by atoms with Crippen LogP contribution in [-0.2, 0) is 11.2 Å². The van der Waals surface area contributed by atoms with Crippen molar-refractivity contribution in [2.24, 2.45) is 0 Å². The third-order valence-corrected chi connectivity index (χ3v) is 6.24. The molecular weight excluding hydrogens is 460 g/mol. The van der Waals surface area contributed by atoms with Crippen LogP contribution in [0.15, 0.2) is 115 Å². The first-order valence-corrected chi connectivity index (χ1v) is 12.6. The number of carbonyl (C=O) groups excluding carboxylic acids is 3. The summed E-state index contributed by atoms with van der Waals surface area (Å²) in [5.41, 5.74) is 3.46. The highest BCUT2D eigenvalue weighted by Crippen LogP contribution is 2.16. The minimum atomic E-state index is -1.15. The van der Waals surface area contributed by atoms with Crippen LogP contribution in [0.3, 0.4) is 0 Å². The summed E-state index contributed by atoms with van der Waals surface area (Å²) >= 11 is 0. The number of hydrogen-bond acceptors (Lipinski definition) is 4. The van der Waals surface area contributed by atoms with E-state index in [0.717, 1.165) is 25.7 Å². The van der Waals surface area contributed by atoms with Crippen molar-refractivity contribution in [2.45, 2.75) is 31.8 Å². The number of benzene rings is 4. The molecule has 0 saturated carbocycles. The maximum atomic E-state index is 13.1. The number of ether oxygens (including phenoxy) is 1. The van der Waals surface area contributed by atoms with Gasteiger partial charge in [0.15, 0.2) is 23.5 Å². The Bertz CT molecular complexity index is 1250. The fraction of sp³-hybridized carbons (Fsp3) is 0.182. The summed E-state index contributed by atoms with van der Waals surface area (Å²) in [6, 6.07) is 34.6. The van der Waals surface area contributed by atoms with Gasteiger partial charge in [0.05, 0.1) is 0 Å². The Morgan fingerprint density at radius 3 is 1.49 bits per heavy atom. The summed E-state index contributed by atoms with van der Waals surface area (Å²) in [5.74, 6) is -0.617. The van der Waals surface area contributed by atoms with Gasteiger partial charge in [-0.1, -0.05) is 122 Å². The van der Waals surface area contributed by atoms with E-state index in [2.05, 4.69) is 0 Å². The van der Waals surface area contributed by atoms with Crippen molar-refractivity contribution in [2.75, 3.05) is 6.61 Å². The molecule has 4 heteroatoms. The van der Waals surface area contributed by atoms with Crippen LogP contribution in [0.5, 0.6) is 0 Å². The van der Waals surface area contributed by atoms with Crippen molar-refractivity contribution in [1.29, 1.82) is 0 Å². The van der Waals surface area contributed by atoms with E-state index in [4.69, 9.17) is 4.74 Å². The Hall–Kier alpha value is -4.15. The van der Waals surface area contributed by atoms with E-state index in [-0.39, 0.29) is 17.3 Å². The Kier molecular flexibility index (Phi) is 9.28. The smallest absolute Gasteiger partial charge is 0.199 e. The molecule has 0 N–H and O–H groups in total. The summed E-state index contributed by atoms with van der Waals surface area (Å²) in [4.78, 5) is 38.7. The van der Waals surface area contributed by atoms with Crippen LogP contribution in [0.2, 0.25) is 0 Å². The van der Waals surface area contributed by atoms with Gasteiger partial charge in [-0.3, -0.25) is 14.4 Å². The van der Waals surface area contributed by atoms with Crippen molar-refractivity contribution < 1.29 is 19.1 Å². The standard InChI is InChI=1S/C33H30O4/c34-30(26-14-6-1-7-15-26)29-22-20-25(21-23-29)13-5-4-12-24-37-33(31(35)27-16-8-2-9-17-27)32(36)28-18-10-3-11-19-28/h1-3,6-11,14-23,33H,4-5,12-13,24H2. The molecule has 0 atom stereocenters. The van der Waals surface area contributed by atoms with Gasteiger partial charge >= 0.3 is 0 Å². The predicted octanol–water partition coefficient (Wildman–Crippen LogP) is 6.78. The van der Waals surface area contributed by atoms with E-state index in [1.54, 1.807) is 48.5 Å². The SMILES string of the molecule is O=C(c1ccccc1)c1ccc(CCCCCOC(C(=O)c2ccccc2)C(=O)c2ccccc2)cc1. The van der Waals surface area contributed by atoms with Crippen LogP contribution < -0.4 is 0 Å². The summed E-state index contributed by atoms with van der Waals surface area (Å²) in [5, 5.41) is 0. The first-order valence-electron chi connectivity index (χ1n) is 12.6. The van der Waals surface area contributed by atoms with E-state index in [0.29, 0.717) is 28.9 Å². The fourth-order valence-electron chi connectivity index (χ4n) is 4.17. The molecule has 4 aromatic rings. The molecular formula is C33H30O4. The molecule has 0 spiro atoms. The number of hydrogen-bond donors (Lipinski definition) is 0. The first-order chi connectivity index (χ1) is 18.1. The lowest BCUT2D eigenvalue weighted by Crippen LogP contribution is -2.33. The molecule has 0 radical (unpaired) electrons. The van der Waals surface area contributed by atoms with Crippen molar-refractivity contribution in [3.8, 4) is 0 Å². The normalized spacial score (nSPS) is 10.8. The molecule has 0 aliphatic carbocycles. The van der Waals surface area contributed by atoms with Crippen LogP contribution in [0.1, 0.15) is 61.5 Å². The van der Waals surface area contributed by atoms with E-state index >= 15 is 0 Å². The van der Waals surface area contributed by atoms with Crippen molar-refractivity contribution in [3.05, 3.63) is 143 Å². The Morgan fingerprint density at radius 1 is 0.514 bits per heavy atom. The highest BCUT2D eigenvalue weighted by molar-refractivity contribution is 6.18. The molecule has 0 aliphatic heterocycles. The molecule has 0 unspecified atom stereocenters. The van der Waals surface area contributed by atoms with Gasteiger partial charge in [-0.25, -0.2) is 0 Å². The fourth-order valence-corrected chi connectivity index (χ4v) is 4.17. The van der Waals surface area contributed by atoms with Gasteiger partial charge in [0.2, 0.25) is 0 Å². The number of carbonyl (C=O) groups is 3. The predicted molar refractivity (Wildman–Crippen MR) is 145 cm³/mol. The molecule has 37 heavy (non-hydrogen) atoms. The van der Waals surface area contributed by atoms with Gasteiger partial charge in [0.25, 0.3) is 0 Å². The van der Waals surface area contributed by atoms with Crippen LogP contribution in [0, 0.1) is 0 Å². The Balaban J connectivity index is 1.26. The van der Waals surface area contributed by atoms with E-state index < -0.39 is 6.10 Å². The quantitative estimate of drug-likeness (QED) is 0.118. The van der Waals surface area contributed by atoms with E-state index in [1.165, 1.54) is 5.56 Å². The molecule has 0 bridgehead atoms. The third kappa shape index (κ3) is 7.18. The van der Waals surface area contributed by atoms with Crippen molar-refractivity contribution in [1.82, 2.24) is 0 Å². The number of rotatable bonds is 13. The molecule has 0 saturated heterocycles. The second kappa shape index (κ2) is 13.2. The Morgan fingerprint density at radius 2 is 0.973 bits per heavy atom. The summed E-state index contributed by atoms with van der Waals surface area (Å²) in [6.45, 7) is 0.326. The first kappa shape index (κ1) is 25.9. The maximum absolute atomic E-state index is 13.1. The molecule has 186 valence electrons. The summed E-state index contributed by atoms with van der Waals surface area (Å²) in [7, 11) is 0. The van der Waals surface area contributed by atoms with Crippen molar-refractivity contribution >= 4 is 17.3 Å². The number of unbranched alkanes of at least 4 members (excludes halogenated alkanes) is 2. The second-order valence-electron chi connectivity index (χ2n) is 8.91. The van der Waals surface area contributed by atoms with Crippen LogP contribution in [-0.4, -0.2) is 30.1 Å². The number of ketones is 3. The summed E-state index contributed by atoms with van der Waals surface area (Å²) < 4.78 is 5.87. The van der Waals surface area contributed by atoms with E-state index in [1.807, 2.05) is 66.7 Å². The number of aryl methyl sites for hydroxylation is 1. The lowest BCUT2D eigenvalue weighted by atomic mass is 9.98. The highest BCUT2D eigenvalue weighted by atomic mass is 16.5. The highest BCUT2D eigenvalue weighted by Gasteiger charge is 2.29. The number of Topliss-reactive ketones (excluding diaryl/α,β-unsaturated/α-hetero) is 2. The zero-order valence-electron chi connectivity index (χ0n) is 20.7. The minimum absolute atomic E-state index is 0.0222. The molecule has 4 aromatic carbocycles. The summed E-state index contributed by atoms with van der Waals surface area (Å²) in [6.07, 6.45) is 2.32. The molecule has 0 aromatic heterocycles. The van der Waals surface area contributed by atoms with Crippen molar-refractivity contribution in [3.63, 3.8) is 0 Å². The maximum Gasteiger partial charge on any atom is 0.199 e. The largest absolute Gasteiger partial charge is 0.362 e. The Labute approximate surface area is 217 Å². The lowest BCUT2D eigenvalue weighted by molar-refractivity contribution is 0.0358. The van der Waals surface area contributed by atoms with Gasteiger partial charge in [-0.05, 0) is 24.8 Å². The average molecular weight is 491 g/mol. The van der Waals surface area contributed by atoms with Gasteiger partial charge in [0.1, 0.15) is 0 Å². The molecule has 0 fully saturated rings. The van der Waals surface area contributed by atoms with Crippen LogP contribution in [0.25, 0.3) is 0 Å². The molecule has 0 aliphatic rings. The molecule has 0 amide bonds. The second-order valence-corrected chi connectivity index (χ2v) is 8.91. The minimum Gasteiger partial charge on any atom is -0.362 e. The van der Waals surface area contributed by atoms with Gasteiger partial charge in [-0.15, -0.1) is 0 Å². The molecule has 0 heterocycles. The lowest BCUT2D eigenvalue weighted by Gasteiger charge is -2.16. The monoisotopic (exact) mass is 490 g/mol. The zero-order valence-corrected chi connectivity index (χ0v) is 20.7.